The third-order valence-electron chi connectivity index (χ3n) is 3.70. The number of hydrogen-bond donors (Lipinski definition) is 1. The van der Waals surface area contributed by atoms with Gasteiger partial charge in [0.15, 0.2) is 0 Å². The second-order valence-electron chi connectivity index (χ2n) is 6.84. The Balaban J connectivity index is 1.65. The van der Waals surface area contributed by atoms with E-state index in [-0.39, 0.29) is 6.09 Å². The highest BCUT2D eigenvalue weighted by Crippen LogP contribution is 2.25. The lowest BCUT2D eigenvalue weighted by Crippen LogP contribution is -2.40. The summed E-state index contributed by atoms with van der Waals surface area (Å²) in [5, 5.41) is 7.58. The number of ether oxygens (including phenoxy) is 1. The Labute approximate surface area is 124 Å². The van der Waals surface area contributed by atoms with Crippen molar-refractivity contribution in [3.63, 3.8) is 0 Å². The van der Waals surface area contributed by atoms with Gasteiger partial charge < -0.3 is 19.5 Å². The number of nitrogens with one attached hydrogen (secondary N) is 1. The summed E-state index contributed by atoms with van der Waals surface area (Å²) >= 11 is 0. The van der Waals surface area contributed by atoms with Crippen LogP contribution in [0.3, 0.4) is 0 Å². The first kappa shape index (κ1) is 14.4. The van der Waals surface area contributed by atoms with E-state index >= 15 is 0 Å². The molecule has 0 aromatic carbocycles. The van der Waals surface area contributed by atoms with E-state index in [1.165, 1.54) is 12.8 Å². The van der Waals surface area contributed by atoms with Crippen LogP contribution >= 0.6 is 0 Å². The molecule has 1 aromatic rings. The Morgan fingerprint density at radius 1 is 1.48 bits per heavy atom. The third-order valence-corrected chi connectivity index (χ3v) is 3.70. The minimum absolute atomic E-state index is 0.268. The highest BCUT2D eigenvalue weighted by Gasteiger charge is 2.30. The van der Waals surface area contributed by atoms with Crippen LogP contribution in [-0.2, 0) is 24.2 Å². The van der Waals surface area contributed by atoms with Gasteiger partial charge in [0.2, 0.25) is 0 Å². The van der Waals surface area contributed by atoms with Crippen LogP contribution in [0.2, 0.25) is 0 Å². The first-order valence-electron chi connectivity index (χ1n) is 7.60. The summed E-state index contributed by atoms with van der Waals surface area (Å²) in [6.07, 6.45) is 2.91. The predicted molar refractivity (Wildman–Crippen MR) is 76.7 cm³/mol. The number of nitrogens with zero attached hydrogens (tertiary/aromatic N) is 2. The van der Waals surface area contributed by atoms with Gasteiger partial charge in [-0.2, -0.15) is 0 Å². The van der Waals surface area contributed by atoms with Gasteiger partial charge in [-0.1, -0.05) is 5.16 Å². The second-order valence-corrected chi connectivity index (χ2v) is 6.84. The van der Waals surface area contributed by atoms with Gasteiger partial charge in [-0.3, -0.25) is 0 Å². The molecule has 6 heteroatoms. The van der Waals surface area contributed by atoms with Crippen molar-refractivity contribution in [2.24, 2.45) is 0 Å². The zero-order valence-corrected chi connectivity index (χ0v) is 12.9. The molecule has 116 valence electrons. The molecule has 1 aromatic heterocycles. The first-order valence-corrected chi connectivity index (χ1v) is 7.60. The molecule has 3 rings (SSSR count). The Morgan fingerprint density at radius 3 is 2.90 bits per heavy atom. The molecular formula is C15H23N3O3. The van der Waals surface area contributed by atoms with Crippen LogP contribution in [0, 0.1) is 0 Å². The van der Waals surface area contributed by atoms with Crippen LogP contribution < -0.4 is 5.32 Å². The minimum atomic E-state index is -0.470. The lowest BCUT2D eigenvalue weighted by Gasteiger charge is -2.29. The van der Waals surface area contributed by atoms with Gasteiger partial charge in [0.1, 0.15) is 17.1 Å². The molecule has 0 saturated heterocycles. The van der Waals surface area contributed by atoms with E-state index < -0.39 is 5.60 Å². The van der Waals surface area contributed by atoms with Crippen LogP contribution in [0.25, 0.3) is 0 Å². The molecule has 1 fully saturated rings. The summed E-state index contributed by atoms with van der Waals surface area (Å²) in [7, 11) is 0. The molecule has 2 aliphatic rings. The Hall–Kier alpha value is -1.56. The summed E-state index contributed by atoms with van der Waals surface area (Å²) in [5.41, 5.74) is 1.49. The van der Waals surface area contributed by atoms with Crippen molar-refractivity contribution in [3.8, 4) is 0 Å². The van der Waals surface area contributed by atoms with Gasteiger partial charge in [-0.25, -0.2) is 4.79 Å². The molecule has 0 unspecified atom stereocenters. The number of amides is 1. The molecule has 1 amide bonds. The standard InChI is InChI=1S/C15H23N3O3/c1-15(2,3)20-14(19)18-7-6-13-11(9-18)12(17-21-13)8-16-10-4-5-10/h10,16H,4-9H2,1-3H3. The molecule has 1 aliphatic heterocycles. The van der Waals surface area contributed by atoms with Crippen molar-refractivity contribution in [2.45, 2.75) is 64.8 Å². The fourth-order valence-corrected chi connectivity index (χ4v) is 2.41. The van der Waals surface area contributed by atoms with Crippen molar-refractivity contribution in [1.29, 1.82) is 0 Å². The summed E-state index contributed by atoms with van der Waals surface area (Å²) in [6, 6.07) is 0.628. The van der Waals surface area contributed by atoms with Crippen LogP contribution in [0.4, 0.5) is 4.79 Å². The topological polar surface area (TPSA) is 67.6 Å². The molecule has 2 heterocycles. The molecule has 0 atom stereocenters. The van der Waals surface area contributed by atoms with Crippen LogP contribution in [0.15, 0.2) is 4.52 Å². The van der Waals surface area contributed by atoms with E-state index in [0.29, 0.717) is 32.1 Å². The first-order chi connectivity index (χ1) is 9.92. The average molecular weight is 293 g/mol. The molecule has 0 radical (unpaired) electrons. The highest BCUT2D eigenvalue weighted by molar-refractivity contribution is 5.68. The Morgan fingerprint density at radius 2 is 2.24 bits per heavy atom. The molecular weight excluding hydrogens is 270 g/mol. The van der Waals surface area contributed by atoms with Crippen molar-refractivity contribution in [1.82, 2.24) is 15.4 Å². The molecule has 0 bridgehead atoms. The minimum Gasteiger partial charge on any atom is -0.444 e. The Bertz CT molecular complexity index is 529. The smallest absolute Gasteiger partial charge is 0.410 e. The number of fused-ring (bicyclic) bond motifs is 1. The van der Waals surface area contributed by atoms with E-state index in [1.807, 2.05) is 20.8 Å². The fraction of sp³-hybridized carbons (Fsp3) is 0.733. The lowest BCUT2D eigenvalue weighted by molar-refractivity contribution is 0.0218. The van der Waals surface area contributed by atoms with Gasteiger partial charge in [-0.05, 0) is 33.6 Å². The van der Waals surface area contributed by atoms with Crippen LogP contribution in [-0.4, -0.2) is 34.3 Å². The largest absolute Gasteiger partial charge is 0.444 e. The zero-order chi connectivity index (χ0) is 15.0. The fourth-order valence-electron chi connectivity index (χ4n) is 2.41. The Kier molecular flexibility index (Phi) is 3.65. The summed E-state index contributed by atoms with van der Waals surface area (Å²) in [6.45, 7) is 7.49. The maximum atomic E-state index is 12.2. The van der Waals surface area contributed by atoms with Crippen molar-refractivity contribution in [2.75, 3.05) is 6.54 Å². The number of hydrogen-bond acceptors (Lipinski definition) is 5. The molecule has 1 aliphatic carbocycles. The van der Waals surface area contributed by atoms with E-state index in [1.54, 1.807) is 4.90 Å². The maximum Gasteiger partial charge on any atom is 0.410 e. The molecule has 1 saturated carbocycles. The summed E-state index contributed by atoms with van der Waals surface area (Å²) in [5.74, 6) is 0.905. The number of carbonyl (C=O) groups is 1. The monoisotopic (exact) mass is 293 g/mol. The number of rotatable bonds is 3. The van der Waals surface area contributed by atoms with Gasteiger partial charge in [-0.15, -0.1) is 0 Å². The predicted octanol–water partition coefficient (Wildman–Crippen LogP) is 2.22. The molecule has 6 nitrogen and oxygen atoms in total. The SMILES string of the molecule is CC(C)(C)OC(=O)N1CCc2onc(CNC3CC3)c2C1. The third kappa shape index (κ3) is 3.56. The van der Waals surface area contributed by atoms with Crippen molar-refractivity contribution in [3.05, 3.63) is 17.0 Å². The molecule has 21 heavy (non-hydrogen) atoms. The maximum absolute atomic E-state index is 12.2. The zero-order valence-electron chi connectivity index (χ0n) is 12.9. The van der Waals surface area contributed by atoms with E-state index in [9.17, 15) is 4.79 Å². The normalized spacial score (nSPS) is 18.5. The number of aromatic nitrogens is 1. The average Bonchev–Trinajstić information content (AvgIpc) is 3.14. The second kappa shape index (κ2) is 5.33. The molecule has 0 spiro atoms. The quantitative estimate of drug-likeness (QED) is 0.925. The highest BCUT2D eigenvalue weighted by atomic mass is 16.6. The van der Waals surface area contributed by atoms with Gasteiger partial charge in [0, 0.05) is 31.1 Å². The van der Waals surface area contributed by atoms with Gasteiger partial charge >= 0.3 is 6.09 Å². The van der Waals surface area contributed by atoms with E-state index in [4.69, 9.17) is 9.26 Å². The van der Waals surface area contributed by atoms with E-state index in [2.05, 4.69) is 10.5 Å². The van der Waals surface area contributed by atoms with Crippen molar-refractivity contribution >= 4 is 6.09 Å². The number of carbonyl (C=O) groups excluding carboxylic acids is 1. The van der Waals surface area contributed by atoms with Crippen LogP contribution in [0.1, 0.15) is 50.6 Å². The van der Waals surface area contributed by atoms with Gasteiger partial charge in [0.25, 0.3) is 0 Å². The summed E-state index contributed by atoms with van der Waals surface area (Å²) < 4.78 is 10.8. The van der Waals surface area contributed by atoms with Crippen molar-refractivity contribution < 1.29 is 14.1 Å². The van der Waals surface area contributed by atoms with E-state index in [0.717, 1.165) is 17.0 Å². The van der Waals surface area contributed by atoms with Crippen LogP contribution in [0.5, 0.6) is 0 Å². The molecule has 1 N–H and O–H groups in total. The summed E-state index contributed by atoms with van der Waals surface area (Å²) in [4.78, 5) is 13.9. The lowest BCUT2D eigenvalue weighted by atomic mass is 10.1. The van der Waals surface area contributed by atoms with Gasteiger partial charge in [0.05, 0.1) is 6.54 Å².